The summed E-state index contributed by atoms with van der Waals surface area (Å²) < 4.78 is 16.3. The number of aryl methyl sites for hydroxylation is 2. The van der Waals surface area contributed by atoms with Crippen molar-refractivity contribution < 1.29 is 14.3 Å². The second-order valence-electron chi connectivity index (χ2n) is 7.26. The molecule has 1 atom stereocenters. The van der Waals surface area contributed by atoms with E-state index in [1.807, 2.05) is 17.8 Å². The first-order valence-corrected chi connectivity index (χ1v) is 9.26. The minimum absolute atomic E-state index is 0.363. The van der Waals surface area contributed by atoms with Crippen molar-refractivity contribution in [2.75, 3.05) is 0 Å². The standard InChI is InChI=1S/C20H21BrFN3O2/c1-11-5-6-13(22)8-14(11)17(26)20(2,3)24-19(27)12-7-15-16(21)10-25(4)18(15)23-9-12/h5-10,17,26H,1-4H3,(H,24,27). The van der Waals surface area contributed by atoms with Crippen LogP contribution in [-0.4, -0.2) is 26.1 Å². The van der Waals surface area contributed by atoms with Crippen molar-refractivity contribution in [3.8, 4) is 0 Å². The van der Waals surface area contributed by atoms with Crippen LogP contribution in [0.3, 0.4) is 0 Å². The highest BCUT2D eigenvalue weighted by Gasteiger charge is 2.32. The first-order chi connectivity index (χ1) is 12.6. The van der Waals surface area contributed by atoms with E-state index >= 15 is 0 Å². The quantitative estimate of drug-likeness (QED) is 0.652. The van der Waals surface area contributed by atoms with Gasteiger partial charge in [0.15, 0.2) is 0 Å². The third kappa shape index (κ3) is 3.75. The summed E-state index contributed by atoms with van der Waals surface area (Å²) in [5.41, 5.74) is 1.32. The molecule has 0 saturated carbocycles. The van der Waals surface area contributed by atoms with E-state index in [0.717, 1.165) is 21.1 Å². The van der Waals surface area contributed by atoms with Crippen molar-refractivity contribution in [3.05, 3.63) is 63.6 Å². The lowest BCUT2D eigenvalue weighted by atomic mass is 9.88. The van der Waals surface area contributed by atoms with Gasteiger partial charge in [0.2, 0.25) is 0 Å². The first-order valence-electron chi connectivity index (χ1n) is 8.47. The number of carbonyl (C=O) groups is 1. The molecule has 0 bridgehead atoms. The highest BCUT2D eigenvalue weighted by atomic mass is 79.9. The van der Waals surface area contributed by atoms with E-state index in [4.69, 9.17) is 0 Å². The van der Waals surface area contributed by atoms with E-state index in [-0.39, 0.29) is 5.91 Å². The summed E-state index contributed by atoms with van der Waals surface area (Å²) in [4.78, 5) is 17.1. The minimum Gasteiger partial charge on any atom is -0.386 e. The molecule has 7 heteroatoms. The smallest absolute Gasteiger partial charge is 0.253 e. The summed E-state index contributed by atoms with van der Waals surface area (Å²) in [6, 6.07) is 5.99. The van der Waals surface area contributed by atoms with Crippen LogP contribution in [0.5, 0.6) is 0 Å². The predicted molar refractivity (Wildman–Crippen MR) is 106 cm³/mol. The van der Waals surface area contributed by atoms with Crippen molar-refractivity contribution >= 4 is 32.9 Å². The highest BCUT2D eigenvalue weighted by Crippen LogP contribution is 2.29. The molecule has 0 aliphatic rings. The topological polar surface area (TPSA) is 67.2 Å². The van der Waals surface area contributed by atoms with Gasteiger partial charge in [-0.25, -0.2) is 9.37 Å². The zero-order chi connectivity index (χ0) is 19.9. The zero-order valence-electron chi connectivity index (χ0n) is 15.5. The summed E-state index contributed by atoms with van der Waals surface area (Å²) in [6.45, 7) is 5.19. The molecular weight excluding hydrogens is 413 g/mol. The average Bonchev–Trinajstić information content (AvgIpc) is 2.89. The molecule has 0 saturated heterocycles. The van der Waals surface area contributed by atoms with Crippen LogP contribution < -0.4 is 5.32 Å². The van der Waals surface area contributed by atoms with Crippen LogP contribution in [0.4, 0.5) is 4.39 Å². The minimum atomic E-state index is -1.07. The number of pyridine rings is 1. The normalized spacial score (nSPS) is 13.0. The number of aliphatic hydroxyl groups is 1. The Balaban J connectivity index is 1.87. The highest BCUT2D eigenvalue weighted by molar-refractivity contribution is 9.10. The fourth-order valence-electron chi connectivity index (χ4n) is 3.07. The Morgan fingerprint density at radius 2 is 2.07 bits per heavy atom. The van der Waals surface area contributed by atoms with Gasteiger partial charge in [-0.05, 0) is 66.0 Å². The molecule has 1 aromatic carbocycles. The molecule has 0 fully saturated rings. The molecule has 2 N–H and O–H groups in total. The Labute approximate surface area is 165 Å². The molecule has 2 heterocycles. The maximum Gasteiger partial charge on any atom is 0.253 e. The number of aromatic nitrogens is 2. The second-order valence-corrected chi connectivity index (χ2v) is 8.12. The van der Waals surface area contributed by atoms with Gasteiger partial charge in [-0.2, -0.15) is 0 Å². The monoisotopic (exact) mass is 433 g/mol. The van der Waals surface area contributed by atoms with Gasteiger partial charge in [0.1, 0.15) is 17.6 Å². The average molecular weight is 434 g/mol. The number of carbonyl (C=O) groups excluding carboxylic acids is 1. The Morgan fingerprint density at radius 3 is 2.78 bits per heavy atom. The van der Waals surface area contributed by atoms with Crippen molar-refractivity contribution in [3.63, 3.8) is 0 Å². The number of amides is 1. The first kappa shape index (κ1) is 19.5. The van der Waals surface area contributed by atoms with Gasteiger partial charge in [0, 0.05) is 29.3 Å². The van der Waals surface area contributed by atoms with Gasteiger partial charge in [-0.1, -0.05) is 6.07 Å². The predicted octanol–water partition coefficient (Wildman–Crippen LogP) is 4.03. The Hall–Kier alpha value is -2.25. The number of nitrogens with one attached hydrogen (secondary N) is 1. The molecule has 2 aromatic heterocycles. The number of nitrogens with zero attached hydrogens (tertiary/aromatic N) is 2. The van der Waals surface area contributed by atoms with Gasteiger partial charge in [0.25, 0.3) is 5.91 Å². The van der Waals surface area contributed by atoms with Crippen LogP contribution in [-0.2, 0) is 7.05 Å². The molecule has 0 radical (unpaired) electrons. The van der Waals surface area contributed by atoms with Crippen LogP contribution in [0, 0.1) is 12.7 Å². The zero-order valence-corrected chi connectivity index (χ0v) is 17.1. The molecule has 3 aromatic rings. The number of benzene rings is 1. The van der Waals surface area contributed by atoms with E-state index in [1.54, 1.807) is 32.9 Å². The van der Waals surface area contributed by atoms with Gasteiger partial charge in [-0.15, -0.1) is 0 Å². The molecule has 1 unspecified atom stereocenters. The summed E-state index contributed by atoms with van der Waals surface area (Å²) in [7, 11) is 1.88. The molecule has 3 rings (SSSR count). The molecule has 0 aliphatic carbocycles. The van der Waals surface area contributed by atoms with Crippen LogP contribution in [0.2, 0.25) is 0 Å². The number of aliphatic hydroxyl groups excluding tert-OH is 1. The summed E-state index contributed by atoms with van der Waals surface area (Å²) in [5.74, 6) is -0.793. The Morgan fingerprint density at radius 1 is 1.37 bits per heavy atom. The number of rotatable bonds is 4. The number of hydrogen-bond acceptors (Lipinski definition) is 3. The fourth-order valence-corrected chi connectivity index (χ4v) is 3.67. The van der Waals surface area contributed by atoms with Crippen molar-refractivity contribution in [2.45, 2.75) is 32.4 Å². The van der Waals surface area contributed by atoms with Crippen LogP contribution in [0.15, 0.2) is 41.1 Å². The Kier molecular flexibility index (Phi) is 5.10. The third-order valence-corrected chi connectivity index (χ3v) is 5.31. The van der Waals surface area contributed by atoms with E-state index < -0.39 is 17.5 Å². The SMILES string of the molecule is Cc1ccc(F)cc1C(O)C(C)(C)NC(=O)c1cnc2c(c1)c(Br)cn2C. The van der Waals surface area contributed by atoms with Gasteiger partial charge in [0.05, 0.1) is 11.1 Å². The second kappa shape index (κ2) is 7.05. The summed E-state index contributed by atoms with van der Waals surface area (Å²) in [6.07, 6.45) is 2.30. The Bertz CT molecular complexity index is 1030. The molecule has 0 aliphatic heterocycles. The van der Waals surface area contributed by atoms with E-state index in [0.29, 0.717) is 11.1 Å². The molecular formula is C20H21BrFN3O2. The maximum absolute atomic E-state index is 13.6. The molecule has 142 valence electrons. The van der Waals surface area contributed by atoms with Crippen LogP contribution >= 0.6 is 15.9 Å². The van der Waals surface area contributed by atoms with E-state index in [2.05, 4.69) is 26.2 Å². The molecule has 0 spiro atoms. The lowest BCUT2D eigenvalue weighted by Crippen LogP contribution is -2.48. The third-order valence-electron chi connectivity index (χ3n) is 4.68. The number of halogens is 2. The van der Waals surface area contributed by atoms with Crippen molar-refractivity contribution in [1.82, 2.24) is 14.9 Å². The fraction of sp³-hybridized carbons (Fsp3) is 0.300. The maximum atomic E-state index is 13.6. The van der Waals surface area contributed by atoms with Gasteiger partial charge < -0.3 is 15.0 Å². The number of fused-ring (bicyclic) bond motifs is 1. The molecule has 27 heavy (non-hydrogen) atoms. The van der Waals surface area contributed by atoms with Crippen molar-refractivity contribution in [1.29, 1.82) is 0 Å². The lowest BCUT2D eigenvalue weighted by Gasteiger charge is -2.32. The van der Waals surface area contributed by atoms with Gasteiger partial charge in [-0.3, -0.25) is 4.79 Å². The largest absolute Gasteiger partial charge is 0.386 e. The lowest BCUT2D eigenvalue weighted by molar-refractivity contribution is 0.0630. The van der Waals surface area contributed by atoms with Gasteiger partial charge >= 0.3 is 0 Å². The summed E-state index contributed by atoms with van der Waals surface area (Å²) in [5, 5.41) is 14.4. The van der Waals surface area contributed by atoms with E-state index in [1.165, 1.54) is 18.3 Å². The van der Waals surface area contributed by atoms with Crippen LogP contribution in [0.1, 0.15) is 41.4 Å². The molecule has 5 nitrogen and oxygen atoms in total. The number of hydrogen-bond donors (Lipinski definition) is 2. The summed E-state index contributed by atoms with van der Waals surface area (Å²) >= 11 is 3.46. The van der Waals surface area contributed by atoms with E-state index in [9.17, 15) is 14.3 Å². The van der Waals surface area contributed by atoms with Crippen LogP contribution in [0.25, 0.3) is 11.0 Å². The molecule has 1 amide bonds. The van der Waals surface area contributed by atoms with Crippen molar-refractivity contribution in [2.24, 2.45) is 7.05 Å².